The van der Waals surface area contributed by atoms with E-state index in [1.807, 2.05) is 0 Å². The van der Waals surface area contributed by atoms with Crippen molar-refractivity contribution in [2.24, 2.45) is 0 Å². The molecule has 0 aliphatic carbocycles. The number of non-ortho nitro benzene ring substituents is 1. The van der Waals surface area contributed by atoms with Gasteiger partial charge in [0.15, 0.2) is 11.5 Å². The minimum Gasteiger partial charge on any atom is -0.493 e. The quantitative estimate of drug-likeness (QED) is 0.419. The number of nitro benzene ring substituents is 1. The zero-order valence-electron chi connectivity index (χ0n) is 7.60. The molecule has 0 bridgehead atoms. The van der Waals surface area contributed by atoms with E-state index in [2.05, 4.69) is 6.58 Å². The molecule has 0 saturated heterocycles. The van der Waals surface area contributed by atoms with Gasteiger partial charge in [-0.05, 0) is 6.07 Å². The smallest absolute Gasteiger partial charge is 0.273 e. The Hall–Kier alpha value is -2.04. The summed E-state index contributed by atoms with van der Waals surface area (Å²) in [6, 6.07) is 4.08. The van der Waals surface area contributed by atoms with Gasteiger partial charge in [0.05, 0.1) is 24.4 Å². The Kier molecular flexibility index (Phi) is 3.06. The SMILES string of the molecule is C=COc1ccc([N+](=O)[O-])cc1OC. The standard InChI is InChI=1S/C9H9NO4/c1-3-14-8-5-4-7(10(11)12)6-9(8)13-2/h3-6H,1H2,2H3. The molecular weight excluding hydrogens is 186 g/mol. The number of nitro groups is 1. The second-order valence-corrected chi connectivity index (χ2v) is 2.38. The molecule has 0 atom stereocenters. The monoisotopic (exact) mass is 195 g/mol. The summed E-state index contributed by atoms with van der Waals surface area (Å²) < 4.78 is 9.89. The summed E-state index contributed by atoms with van der Waals surface area (Å²) in [5, 5.41) is 10.4. The molecule has 1 rings (SSSR count). The van der Waals surface area contributed by atoms with Crippen molar-refractivity contribution in [3.63, 3.8) is 0 Å². The Morgan fingerprint density at radius 1 is 1.50 bits per heavy atom. The lowest BCUT2D eigenvalue weighted by Crippen LogP contribution is -1.92. The van der Waals surface area contributed by atoms with Crippen molar-refractivity contribution in [1.29, 1.82) is 0 Å². The van der Waals surface area contributed by atoms with Gasteiger partial charge in [-0.2, -0.15) is 0 Å². The first-order valence-electron chi connectivity index (χ1n) is 3.79. The number of benzene rings is 1. The molecule has 0 aliphatic rings. The van der Waals surface area contributed by atoms with Gasteiger partial charge in [-0.15, -0.1) is 0 Å². The fourth-order valence-electron chi connectivity index (χ4n) is 0.957. The molecule has 1 aromatic rings. The van der Waals surface area contributed by atoms with E-state index < -0.39 is 4.92 Å². The molecule has 0 N–H and O–H groups in total. The maximum Gasteiger partial charge on any atom is 0.273 e. The van der Waals surface area contributed by atoms with Gasteiger partial charge in [0, 0.05) is 6.07 Å². The Labute approximate surface area is 80.7 Å². The van der Waals surface area contributed by atoms with Crippen LogP contribution in [0.25, 0.3) is 0 Å². The molecule has 5 heteroatoms. The van der Waals surface area contributed by atoms with Crippen molar-refractivity contribution in [1.82, 2.24) is 0 Å². The van der Waals surface area contributed by atoms with Gasteiger partial charge < -0.3 is 9.47 Å². The Balaban J connectivity index is 3.10. The van der Waals surface area contributed by atoms with Crippen LogP contribution < -0.4 is 9.47 Å². The van der Waals surface area contributed by atoms with E-state index in [9.17, 15) is 10.1 Å². The van der Waals surface area contributed by atoms with Crippen LogP contribution in [0.4, 0.5) is 5.69 Å². The summed E-state index contributed by atoms with van der Waals surface area (Å²) in [4.78, 5) is 9.93. The summed E-state index contributed by atoms with van der Waals surface area (Å²) in [5.74, 6) is 0.701. The van der Waals surface area contributed by atoms with Crippen LogP contribution in [0.2, 0.25) is 0 Å². The molecular formula is C9H9NO4. The number of ether oxygens (including phenoxy) is 2. The second-order valence-electron chi connectivity index (χ2n) is 2.38. The fourth-order valence-corrected chi connectivity index (χ4v) is 0.957. The Morgan fingerprint density at radius 3 is 2.71 bits per heavy atom. The predicted molar refractivity (Wildman–Crippen MR) is 50.5 cm³/mol. The summed E-state index contributed by atoms with van der Waals surface area (Å²) >= 11 is 0. The molecule has 1 aromatic carbocycles. The molecule has 0 unspecified atom stereocenters. The largest absolute Gasteiger partial charge is 0.493 e. The third-order valence-electron chi connectivity index (χ3n) is 1.57. The average molecular weight is 195 g/mol. The van der Waals surface area contributed by atoms with Crippen LogP contribution in [0, 0.1) is 10.1 Å². The van der Waals surface area contributed by atoms with E-state index in [1.54, 1.807) is 0 Å². The Morgan fingerprint density at radius 2 is 2.21 bits per heavy atom. The Bertz CT molecular complexity index is 362. The van der Waals surface area contributed by atoms with Gasteiger partial charge in [0.1, 0.15) is 0 Å². The van der Waals surface area contributed by atoms with Crippen LogP contribution in [-0.2, 0) is 0 Å². The lowest BCUT2D eigenvalue weighted by molar-refractivity contribution is -0.384. The van der Waals surface area contributed by atoms with Crippen LogP contribution >= 0.6 is 0 Å². The maximum atomic E-state index is 10.4. The van der Waals surface area contributed by atoms with Crippen molar-refractivity contribution in [3.8, 4) is 11.5 Å². The molecule has 0 aliphatic heterocycles. The molecule has 0 saturated carbocycles. The minimum absolute atomic E-state index is 0.0433. The molecule has 0 heterocycles. The zero-order valence-corrected chi connectivity index (χ0v) is 7.60. The third-order valence-corrected chi connectivity index (χ3v) is 1.57. The van der Waals surface area contributed by atoms with Gasteiger partial charge >= 0.3 is 0 Å². The van der Waals surface area contributed by atoms with E-state index >= 15 is 0 Å². The number of hydrogen-bond donors (Lipinski definition) is 0. The number of nitrogens with zero attached hydrogens (tertiary/aromatic N) is 1. The molecule has 5 nitrogen and oxygen atoms in total. The van der Waals surface area contributed by atoms with Crippen molar-refractivity contribution in [2.45, 2.75) is 0 Å². The zero-order chi connectivity index (χ0) is 10.6. The van der Waals surface area contributed by atoms with E-state index in [1.165, 1.54) is 31.6 Å². The molecule has 0 spiro atoms. The topological polar surface area (TPSA) is 61.6 Å². The predicted octanol–water partition coefficient (Wildman–Crippen LogP) is 2.13. The second kappa shape index (κ2) is 4.27. The highest BCUT2D eigenvalue weighted by Gasteiger charge is 2.11. The lowest BCUT2D eigenvalue weighted by atomic mass is 10.3. The van der Waals surface area contributed by atoms with Crippen molar-refractivity contribution in [2.75, 3.05) is 7.11 Å². The van der Waals surface area contributed by atoms with Crippen LogP contribution in [0.3, 0.4) is 0 Å². The molecule has 14 heavy (non-hydrogen) atoms. The van der Waals surface area contributed by atoms with Gasteiger partial charge in [-0.25, -0.2) is 0 Å². The summed E-state index contributed by atoms with van der Waals surface area (Å²) in [7, 11) is 1.41. The highest BCUT2D eigenvalue weighted by molar-refractivity contribution is 5.48. The van der Waals surface area contributed by atoms with Gasteiger partial charge in [0.25, 0.3) is 5.69 Å². The summed E-state index contributed by atoms with van der Waals surface area (Å²) in [5.41, 5.74) is -0.0433. The van der Waals surface area contributed by atoms with Crippen LogP contribution in [0.5, 0.6) is 11.5 Å². The van der Waals surface area contributed by atoms with E-state index in [0.717, 1.165) is 0 Å². The van der Waals surface area contributed by atoms with Crippen molar-refractivity contribution >= 4 is 5.69 Å². The summed E-state index contributed by atoms with van der Waals surface area (Å²) in [6.45, 7) is 3.38. The lowest BCUT2D eigenvalue weighted by Gasteiger charge is -2.05. The van der Waals surface area contributed by atoms with Gasteiger partial charge in [-0.1, -0.05) is 6.58 Å². The van der Waals surface area contributed by atoms with Crippen LogP contribution in [0.15, 0.2) is 31.0 Å². The highest BCUT2D eigenvalue weighted by atomic mass is 16.6. The van der Waals surface area contributed by atoms with E-state index in [0.29, 0.717) is 11.5 Å². The van der Waals surface area contributed by atoms with Gasteiger partial charge in [0.2, 0.25) is 0 Å². The first-order chi connectivity index (χ1) is 6.69. The number of hydrogen-bond acceptors (Lipinski definition) is 4. The van der Waals surface area contributed by atoms with Crippen molar-refractivity contribution in [3.05, 3.63) is 41.2 Å². The van der Waals surface area contributed by atoms with Crippen LogP contribution in [0.1, 0.15) is 0 Å². The maximum absolute atomic E-state index is 10.4. The first-order valence-corrected chi connectivity index (χ1v) is 3.79. The molecule has 0 fully saturated rings. The molecule has 0 amide bonds. The van der Waals surface area contributed by atoms with E-state index in [4.69, 9.17) is 9.47 Å². The van der Waals surface area contributed by atoms with E-state index in [-0.39, 0.29) is 5.69 Å². The first kappa shape index (κ1) is 10.0. The molecule has 0 radical (unpaired) electrons. The average Bonchev–Trinajstić information content (AvgIpc) is 2.18. The van der Waals surface area contributed by atoms with Crippen molar-refractivity contribution < 1.29 is 14.4 Å². The minimum atomic E-state index is -0.500. The third kappa shape index (κ3) is 2.01. The summed E-state index contributed by atoms with van der Waals surface area (Å²) in [6.07, 6.45) is 1.23. The molecule has 0 aromatic heterocycles. The number of rotatable bonds is 4. The van der Waals surface area contributed by atoms with Gasteiger partial charge in [-0.3, -0.25) is 10.1 Å². The normalized spacial score (nSPS) is 9.21. The molecule has 74 valence electrons. The number of methoxy groups -OCH3 is 1. The van der Waals surface area contributed by atoms with Crippen LogP contribution in [-0.4, -0.2) is 12.0 Å². The highest BCUT2D eigenvalue weighted by Crippen LogP contribution is 2.30. The fraction of sp³-hybridized carbons (Fsp3) is 0.111.